The molecule has 2 rings (SSSR count). The molecular weight excluding hydrogens is 252 g/mol. The van der Waals surface area contributed by atoms with E-state index in [-0.39, 0.29) is 18.5 Å². The number of carbonyl (C=O) groups excluding carboxylic acids is 1. The van der Waals surface area contributed by atoms with Crippen molar-refractivity contribution in [1.82, 2.24) is 0 Å². The van der Waals surface area contributed by atoms with Crippen molar-refractivity contribution >= 4 is 17.4 Å². The van der Waals surface area contributed by atoms with Gasteiger partial charge in [-0.1, -0.05) is 23.7 Å². The maximum atomic E-state index is 11.8. The Labute approximate surface area is 112 Å². The second kappa shape index (κ2) is 6.88. The normalized spacial score (nSPS) is 19.7. The minimum atomic E-state index is -0.0479. The van der Waals surface area contributed by atoms with Gasteiger partial charge in [0.05, 0.1) is 12.7 Å². The number of benzene rings is 1. The number of halogens is 1. The predicted octanol–water partition coefficient (Wildman–Crippen LogP) is 3.11. The lowest BCUT2D eigenvalue weighted by atomic mass is 10.1. The second-order valence-corrected chi connectivity index (χ2v) is 4.87. The highest BCUT2D eigenvalue weighted by atomic mass is 35.5. The highest BCUT2D eigenvalue weighted by molar-refractivity contribution is 6.31. The van der Waals surface area contributed by atoms with Crippen LogP contribution in [0.1, 0.15) is 29.6 Å². The van der Waals surface area contributed by atoms with Crippen LogP contribution in [0.3, 0.4) is 0 Å². The molecule has 0 aromatic heterocycles. The average Bonchev–Trinajstić information content (AvgIpc) is 2.40. The molecule has 1 heterocycles. The molecule has 1 saturated heterocycles. The monoisotopic (exact) mass is 268 g/mol. The summed E-state index contributed by atoms with van der Waals surface area (Å²) in [6.07, 6.45) is 3.46. The van der Waals surface area contributed by atoms with E-state index in [1.807, 2.05) is 0 Å². The van der Waals surface area contributed by atoms with E-state index in [4.69, 9.17) is 21.1 Å². The molecule has 0 saturated carbocycles. The molecule has 18 heavy (non-hydrogen) atoms. The summed E-state index contributed by atoms with van der Waals surface area (Å²) < 4.78 is 10.9. The van der Waals surface area contributed by atoms with Gasteiger partial charge in [-0.2, -0.15) is 0 Å². The van der Waals surface area contributed by atoms with Gasteiger partial charge in [0.1, 0.15) is 6.61 Å². The Bertz CT molecular complexity index is 400. The van der Waals surface area contributed by atoms with E-state index >= 15 is 0 Å². The lowest BCUT2D eigenvalue weighted by Crippen LogP contribution is -2.25. The second-order valence-electron chi connectivity index (χ2n) is 4.44. The first kappa shape index (κ1) is 13.5. The first-order chi connectivity index (χ1) is 8.75. The third kappa shape index (κ3) is 4.09. The molecule has 0 spiro atoms. The van der Waals surface area contributed by atoms with Crippen molar-refractivity contribution in [2.45, 2.75) is 25.4 Å². The Hall–Kier alpha value is -0.900. The third-order valence-electron chi connectivity index (χ3n) is 2.96. The SMILES string of the molecule is O=C(COCC1CCCCO1)c1cccc(Cl)c1. The van der Waals surface area contributed by atoms with Crippen LogP contribution in [0.2, 0.25) is 5.02 Å². The van der Waals surface area contributed by atoms with Crippen LogP contribution in [0, 0.1) is 0 Å². The number of Topliss-reactive ketones (excluding diaryl/α,β-unsaturated/α-hetero) is 1. The van der Waals surface area contributed by atoms with Crippen molar-refractivity contribution in [3.63, 3.8) is 0 Å². The zero-order valence-electron chi connectivity index (χ0n) is 10.2. The highest BCUT2D eigenvalue weighted by Gasteiger charge is 2.14. The Balaban J connectivity index is 1.74. The van der Waals surface area contributed by atoms with E-state index in [0.29, 0.717) is 17.2 Å². The van der Waals surface area contributed by atoms with Crippen molar-refractivity contribution in [3.8, 4) is 0 Å². The van der Waals surface area contributed by atoms with Crippen molar-refractivity contribution < 1.29 is 14.3 Å². The van der Waals surface area contributed by atoms with Gasteiger partial charge in [-0.3, -0.25) is 4.79 Å². The molecule has 0 bridgehead atoms. The summed E-state index contributed by atoms with van der Waals surface area (Å²) in [6.45, 7) is 1.38. The van der Waals surface area contributed by atoms with Crippen LogP contribution in [0.4, 0.5) is 0 Å². The summed E-state index contributed by atoms with van der Waals surface area (Å²) >= 11 is 5.83. The summed E-state index contributed by atoms with van der Waals surface area (Å²) in [4.78, 5) is 11.8. The summed E-state index contributed by atoms with van der Waals surface area (Å²) in [5, 5.41) is 0.566. The van der Waals surface area contributed by atoms with Crippen LogP contribution >= 0.6 is 11.6 Å². The highest BCUT2D eigenvalue weighted by Crippen LogP contribution is 2.14. The molecule has 0 aliphatic carbocycles. The smallest absolute Gasteiger partial charge is 0.188 e. The molecule has 1 aliphatic heterocycles. The van der Waals surface area contributed by atoms with Crippen LogP contribution in [0.25, 0.3) is 0 Å². The molecule has 3 nitrogen and oxygen atoms in total. The molecule has 1 atom stereocenters. The molecule has 1 aromatic carbocycles. The summed E-state index contributed by atoms with van der Waals surface area (Å²) in [5.74, 6) is -0.0479. The van der Waals surface area contributed by atoms with Gasteiger partial charge in [-0.15, -0.1) is 0 Å². The first-order valence-corrected chi connectivity index (χ1v) is 6.61. The summed E-state index contributed by atoms with van der Waals surface area (Å²) in [5.41, 5.74) is 0.590. The standard InChI is InChI=1S/C14H17ClO3/c15-12-5-3-4-11(8-12)14(16)10-17-9-13-6-1-2-7-18-13/h3-5,8,13H,1-2,6-7,9-10H2. The van der Waals surface area contributed by atoms with E-state index in [2.05, 4.69) is 0 Å². The summed E-state index contributed by atoms with van der Waals surface area (Å²) in [7, 11) is 0. The van der Waals surface area contributed by atoms with Crippen LogP contribution < -0.4 is 0 Å². The predicted molar refractivity (Wildman–Crippen MR) is 70.2 cm³/mol. The quantitative estimate of drug-likeness (QED) is 0.770. The van der Waals surface area contributed by atoms with E-state index in [1.165, 1.54) is 6.42 Å². The minimum absolute atomic E-state index is 0.0479. The van der Waals surface area contributed by atoms with Gasteiger partial charge in [0, 0.05) is 17.2 Å². The Kier molecular flexibility index (Phi) is 5.17. The molecule has 1 fully saturated rings. The van der Waals surface area contributed by atoms with Crippen molar-refractivity contribution in [3.05, 3.63) is 34.9 Å². The molecule has 1 aromatic rings. The van der Waals surface area contributed by atoms with Crippen molar-refractivity contribution in [2.75, 3.05) is 19.8 Å². The fraction of sp³-hybridized carbons (Fsp3) is 0.500. The van der Waals surface area contributed by atoms with Gasteiger partial charge in [0.25, 0.3) is 0 Å². The van der Waals surface area contributed by atoms with Gasteiger partial charge in [-0.05, 0) is 31.4 Å². The van der Waals surface area contributed by atoms with Crippen LogP contribution in [0.5, 0.6) is 0 Å². The largest absolute Gasteiger partial charge is 0.376 e. The number of carbonyl (C=O) groups is 1. The van der Waals surface area contributed by atoms with Gasteiger partial charge in [0.2, 0.25) is 0 Å². The zero-order chi connectivity index (χ0) is 12.8. The molecule has 1 aliphatic rings. The molecule has 4 heteroatoms. The van der Waals surface area contributed by atoms with Crippen LogP contribution in [-0.4, -0.2) is 31.7 Å². The van der Waals surface area contributed by atoms with E-state index < -0.39 is 0 Å². The Morgan fingerprint density at radius 3 is 3.06 bits per heavy atom. The number of ether oxygens (including phenoxy) is 2. The lowest BCUT2D eigenvalue weighted by Gasteiger charge is -2.22. The maximum Gasteiger partial charge on any atom is 0.188 e. The fourth-order valence-corrected chi connectivity index (χ4v) is 2.16. The molecule has 0 N–H and O–H groups in total. The number of hydrogen-bond acceptors (Lipinski definition) is 3. The Morgan fingerprint density at radius 2 is 2.33 bits per heavy atom. The van der Waals surface area contributed by atoms with Crippen molar-refractivity contribution in [2.24, 2.45) is 0 Å². The van der Waals surface area contributed by atoms with Gasteiger partial charge in [0.15, 0.2) is 5.78 Å². The topological polar surface area (TPSA) is 35.5 Å². The maximum absolute atomic E-state index is 11.8. The van der Waals surface area contributed by atoms with E-state index in [1.54, 1.807) is 24.3 Å². The molecule has 1 unspecified atom stereocenters. The minimum Gasteiger partial charge on any atom is -0.376 e. The molecular formula is C14H17ClO3. The van der Waals surface area contributed by atoms with Crippen LogP contribution in [0.15, 0.2) is 24.3 Å². The fourth-order valence-electron chi connectivity index (χ4n) is 1.97. The number of rotatable bonds is 5. The van der Waals surface area contributed by atoms with Crippen molar-refractivity contribution in [1.29, 1.82) is 0 Å². The van der Waals surface area contributed by atoms with Crippen LogP contribution in [-0.2, 0) is 9.47 Å². The molecule has 0 amide bonds. The van der Waals surface area contributed by atoms with Gasteiger partial charge in [-0.25, -0.2) is 0 Å². The van der Waals surface area contributed by atoms with E-state index in [0.717, 1.165) is 19.4 Å². The summed E-state index contributed by atoms with van der Waals surface area (Å²) in [6, 6.07) is 6.91. The first-order valence-electron chi connectivity index (χ1n) is 6.24. The van der Waals surface area contributed by atoms with E-state index in [9.17, 15) is 4.79 Å². The zero-order valence-corrected chi connectivity index (χ0v) is 11.0. The lowest BCUT2D eigenvalue weighted by molar-refractivity contribution is -0.0370. The molecule has 98 valence electrons. The third-order valence-corrected chi connectivity index (χ3v) is 3.19. The average molecular weight is 269 g/mol. The number of ketones is 1. The molecule has 0 radical (unpaired) electrons. The van der Waals surface area contributed by atoms with Gasteiger partial charge >= 0.3 is 0 Å². The Morgan fingerprint density at radius 1 is 1.44 bits per heavy atom. The number of hydrogen-bond donors (Lipinski definition) is 0. The van der Waals surface area contributed by atoms with Gasteiger partial charge < -0.3 is 9.47 Å².